The van der Waals surface area contributed by atoms with Crippen molar-refractivity contribution in [2.45, 2.75) is 64.4 Å². The van der Waals surface area contributed by atoms with Crippen LogP contribution in [-0.2, 0) is 32.8 Å². The molecule has 2 aromatic heterocycles. The second-order valence-corrected chi connectivity index (χ2v) is 18.0. The maximum absolute atomic E-state index is 15.6. The average Bonchev–Trinajstić information content (AvgIpc) is 3.68. The summed E-state index contributed by atoms with van der Waals surface area (Å²) >= 11 is 0. The number of rotatable bonds is 14. The number of methoxy groups -OCH3 is 1. The number of ether oxygens (including phenoxy) is 4. The molecular formula is C51H46F4N8O11. The van der Waals surface area contributed by atoms with Gasteiger partial charge in [-0.15, -0.1) is 13.2 Å². The minimum absolute atomic E-state index is 0.0679. The van der Waals surface area contributed by atoms with Crippen LogP contribution >= 0.6 is 0 Å². The largest absolute Gasteiger partial charge is 0.573 e. The number of nitrogens with one attached hydrogen (secondary N) is 4. The molecule has 1 atom stereocenters. The molecule has 0 radical (unpaired) electrons. The van der Waals surface area contributed by atoms with E-state index in [0.29, 0.717) is 54.6 Å². The van der Waals surface area contributed by atoms with Gasteiger partial charge in [0.05, 0.1) is 28.9 Å². The van der Waals surface area contributed by atoms with E-state index in [-0.39, 0.29) is 112 Å². The van der Waals surface area contributed by atoms with Crippen molar-refractivity contribution in [3.8, 4) is 28.9 Å². The third-order valence-electron chi connectivity index (χ3n) is 13.4. The van der Waals surface area contributed by atoms with E-state index in [1.54, 1.807) is 18.2 Å². The van der Waals surface area contributed by atoms with Crippen LogP contribution in [0, 0.1) is 24.6 Å². The van der Waals surface area contributed by atoms with Crippen molar-refractivity contribution in [3.05, 3.63) is 111 Å². The van der Waals surface area contributed by atoms with Crippen molar-refractivity contribution < 1.29 is 65.3 Å². The Bertz CT molecular complexity index is 3360. The van der Waals surface area contributed by atoms with Gasteiger partial charge in [0.15, 0.2) is 29.7 Å². The zero-order valence-electron chi connectivity index (χ0n) is 39.8. The highest BCUT2D eigenvalue weighted by molar-refractivity contribution is 6.07. The van der Waals surface area contributed by atoms with E-state index in [4.69, 9.17) is 14.2 Å². The van der Waals surface area contributed by atoms with Crippen LogP contribution in [0.3, 0.4) is 0 Å². The van der Waals surface area contributed by atoms with Gasteiger partial charge in [-0.3, -0.25) is 38.9 Å². The topological polar surface area (TPSA) is 238 Å². The van der Waals surface area contributed by atoms with Crippen LogP contribution in [0.15, 0.2) is 77.9 Å². The van der Waals surface area contributed by atoms with Gasteiger partial charge in [0.2, 0.25) is 29.0 Å². The number of nitrogens with zero attached hydrogens (tertiary/aromatic N) is 4. The molecule has 2 fully saturated rings. The van der Waals surface area contributed by atoms with Gasteiger partial charge in [0.1, 0.15) is 23.7 Å². The standard InChI is InChI=1S/C51H46F4N8O11/c1-25-44(45(66)34-18-31(74-51(53,54)55)10-12-37(34)62(25)2)48(69)60-30-9-14-39(35(52)17-30)73-49-33-19-40(71-3)41(20-36(33)57-24-58-49)72-23-43(65)56-21-26-4-6-27(7-5-26)46(67)59-29-8-11-32-28(16-29)22-63(50(32)70)38-13-15-42(64)61-47(38)68/h8-12,14,16-20,24,26-27,38H,4-7,13,15,21-23H2,1-3H3,(H,56,65)(H,59,67)(H,60,69)(H,61,64,68). The Morgan fingerprint density at radius 3 is 2.34 bits per heavy atom. The number of benzene rings is 4. The third kappa shape index (κ3) is 10.6. The van der Waals surface area contributed by atoms with Gasteiger partial charge in [-0.05, 0) is 105 Å². The fourth-order valence-electron chi connectivity index (χ4n) is 9.43. The van der Waals surface area contributed by atoms with Crippen molar-refractivity contribution in [3.63, 3.8) is 0 Å². The zero-order valence-corrected chi connectivity index (χ0v) is 39.8. The Morgan fingerprint density at radius 2 is 1.61 bits per heavy atom. The van der Waals surface area contributed by atoms with Crippen molar-refractivity contribution in [1.82, 2.24) is 30.1 Å². The molecule has 74 heavy (non-hydrogen) atoms. The molecule has 0 spiro atoms. The van der Waals surface area contributed by atoms with Crippen molar-refractivity contribution in [2.24, 2.45) is 18.9 Å². The Hall–Kier alpha value is -8.63. The lowest BCUT2D eigenvalue weighted by atomic mass is 9.81. The smallest absolute Gasteiger partial charge is 0.493 e. The first kappa shape index (κ1) is 50.3. The van der Waals surface area contributed by atoms with Gasteiger partial charge >= 0.3 is 6.36 Å². The highest BCUT2D eigenvalue weighted by atomic mass is 19.4. The highest BCUT2D eigenvalue weighted by Gasteiger charge is 2.39. The monoisotopic (exact) mass is 1020 g/mol. The molecule has 9 rings (SSSR count). The molecule has 384 valence electrons. The van der Waals surface area contributed by atoms with Crippen molar-refractivity contribution in [2.75, 3.05) is 30.9 Å². The minimum atomic E-state index is -5.01. The number of piperidine rings is 1. The highest BCUT2D eigenvalue weighted by Crippen LogP contribution is 2.38. The van der Waals surface area contributed by atoms with Crippen LogP contribution in [0.25, 0.3) is 21.8 Å². The summed E-state index contributed by atoms with van der Waals surface area (Å²) in [5, 5.41) is 10.7. The SMILES string of the molecule is COc1cc2c(Oc3ccc(NC(=O)c4c(C)n(C)c5ccc(OC(F)(F)F)cc5c4=O)cc3F)ncnc2cc1OCC(=O)NCC1CCC(C(=O)Nc2ccc3c(c2)CN(C2CCC(=O)NC2=O)C3=O)CC1. The fourth-order valence-corrected chi connectivity index (χ4v) is 9.43. The molecule has 4 aromatic carbocycles. The number of carbonyl (C=O) groups is 6. The molecule has 23 heteroatoms. The normalized spacial score (nSPS) is 17.6. The molecule has 3 aliphatic rings. The average molecular weight is 1020 g/mol. The number of amides is 6. The summed E-state index contributed by atoms with van der Waals surface area (Å²) in [4.78, 5) is 100. The van der Waals surface area contributed by atoms with Crippen LogP contribution in [0.2, 0.25) is 0 Å². The Kier molecular flexibility index (Phi) is 13.9. The lowest BCUT2D eigenvalue weighted by Crippen LogP contribution is -2.52. The second-order valence-electron chi connectivity index (χ2n) is 18.0. The number of aryl methyl sites for hydroxylation is 1. The number of fused-ring (bicyclic) bond motifs is 3. The summed E-state index contributed by atoms with van der Waals surface area (Å²) < 4.78 is 76.9. The molecular weight excluding hydrogens is 977 g/mol. The van der Waals surface area contributed by atoms with E-state index in [0.717, 1.165) is 18.2 Å². The van der Waals surface area contributed by atoms with E-state index in [2.05, 4.69) is 36.0 Å². The van der Waals surface area contributed by atoms with Crippen LogP contribution in [0.4, 0.5) is 28.9 Å². The van der Waals surface area contributed by atoms with E-state index in [9.17, 15) is 46.7 Å². The van der Waals surface area contributed by atoms with Gasteiger partial charge in [-0.2, -0.15) is 0 Å². The summed E-state index contributed by atoms with van der Waals surface area (Å²) in [6.45, 7) is 1.67. The quantitative estimate of drug-likeness (QED) is 0.0667. The van der Waals surface area contributed by atoms with E-state index >= 15 is 4.39 Å². The predicted molar refractivity (Wildman–Crippen MR) is 256 cm³/mol. The maximum atomic E-state index is 15.6. The van der Waals surface area contributed by atoms with Crippen LogP contribution in [0.1, 0.15) is 70.5 Å². The summed E-state index contributed by atoms with van der Waals surface area (Å²) in [7, 11) is 2.91. The van der Waals surface area contributed by atoms with Gasteiger partial charge in [-0.1, -0.05) is 0 Å². The number of pyridine rings is 1. The van der Waals surface area contributed by atoms with Gasteiger partial charge in [0.25, 0.3) is 17.7 Å². The molecule has 19 nitrogen and oxygen atoms in total. The molecule has 4 N–H and O–H groups in total. The predicted octanol–water partition coefficient (Wildman–Crippen LogP) is 6.58. The number of aromatic nitrogens is 3. The molecule has 0 bridgehead atoms. The summed E-state index contributed by atoms with van der Waals surface area (Å²) in [5.41, 5.74) is 1.11. The molecule has 1 saturated heterocycles. The Balaban J connectivity index is 0.761. The summed E-state index contributed by atoms with van der Waals surface area (Å²) in [6, 6.07) is 14.0. The van der Waals surface area contributed by atoms with E-state index < -0.39 is 47.1 Å². The van der Waals surface area contributed by atoms with Crippen molar-refractivity contribution >= 4 is 68.6 Å². The first-order valence-corrected chi connectivity index (χ1v) is 23.3. The summed E-state index contributed by atoms with van der Waals surface area (Å²) in [6.07, 6.45) is -0.844. The Morgan fingerprint density at radius 1 is 0.851 bits per heavy atom. The lowest BCUT2D eigenvalue weighted by Gasteiger charge is -2.29. The second kappa shape index (κ2) is 20.5. The number of carbonyl (C=O) groups excluding carboxylic acids is 6. The number of anilines is 2. The molecule has 1 unspecified atom stereocenters. The van der Waals surface area contributed by atoms with Crippen LogP contribution < -0.4 is 45.6 Å². The molecule has 6 aromatic rings. The molecule has 1 aliphatic carbocycles. The van der Waals surface area contributed by atoms with Crippen molar-refractivity contribution in [1.29, 1.82) is 0 Å². The third-order valence-corrected chi connectivity index (χ3v) is 13.4. The molecule has 1 saturated carbocycles. The fraction of sp³-hybridized carbons (Fsp3) is 0.314. The summed E-state index contributed by atoms with van der Waals surface area (Å²) in [5.74, 6) is -4.38. The Labute approximate surface area is 417 Å². The van der Waals surface area contributed by atoms with E-state index in [1.165, 1.54) is 67.2 Å². The van der Waals surface area contributed by atoms with Gasteiger partial charge < -0.3 is 44.4 Å². The molecule has 2 aliphatic heterocycles. The number of hydrogen-bond donors (Lipinski definition) is 4. The lowest BCUT2D eigenvalue weighted by molar-refractivity contribution is -0.274. The molecule has 6 amide bonds. The van der Waals surface area contributed by atoms with E-state index in [1.807, 2.05) is 0 Å². The number of alkyl halides is 3. The number of halogens is 4. The van der Waals surface area contributed by atoms with Crippen LogP contribution in [0.5, 0.6) is 28.9 Å². The minimum Gasteiger partial charge on any atom is -0.493 e. The van der Waals surface area contributed by atoms with Gasteiger partial charge in [-0.25, -0.2) is 14.4 Å². The molecule has 4 heterocycles. The first-order chi connectivity index (χ1) is 35.3. The number of imide groups is 1. The zero-order chi connectivity index (χ0) is 52.6. The number of hydrogen-bond acceptors (Lipinski definition) is 13. The maximum Gasteiger partial charge on any atom is 0.573 e. The van der Waals surface area contributed by atoms with Crippen LogP contribution in [-0.4, -0.2) is 87.5 Å². The first-order valence-electron chi connectivity index (χ1n) is 23.3. The van der Waals surface area contributed by atoms with Gasteiger partial charge in [0, 0.05) is 67.2 Å².